The first-order valence-electron chi connectivity index (χ1n) is 7.13. The Morgan fingerprint density at radius 1 is 1.35 bits per heavy atom. The Morgan fingerprint density at radius 2 is 2.13 bits per heavy atom. The van der Waals surface area contributed by atoms with Crippen molar-refractivity contribution in [2.75, 3.05) is 12.4 Å². The first-order chi connectivity index (χ1) is 11.1. The van der Waals surface area contributed by atoms with E-state index in [0.717, 1.165) is 21.3 Å². The molecule has 3 aromatic rings. The van der Waals surface area contributed by atoms with Gasteiger partial charge in [-0.15, -0.1) is 0 Å². The Balaban J connectivity index is 2.14. The van der Waals surface area contributed by atoms with Crippen molar-refractivity contribution < 1.29 is 4.79 Å². The van der Waals surface area contributed by atoms with E-state index in [9.17, 15) is 4.79 Å². The summed E-state index contributed by atoms with van der Waals surface area (Å²) in [6.45, 7) is 2.78. The number of hydrogen-bond donors (Lipinski definition) is 2. The van der Waals surface area contributed by atoms with Gasteiger partial charge in [0.25, 0.3) is 0 Å². The molecule has 2 aromatic heterocycles. The molecule has 7 heteroatoms. The number of primary amides is 1. The van der Waals surface area contributed by atoms with Crippen LogP contribution < -0.4 is 15.5 Å². The average molecular weight is 374 g/mol. The van der Waals surface area contributed by atoms with E-state index >= 15 is 0 Å². The molecule has 2 heterocycles. The number of aromatic nitrogens is 3. The predicted octanol–water partition coefficient (Wildman–Crippen LogP) is 1.24. The van der Waals surface area contributed by atoms with Crippen LogP contribution in [0.2, 0.25) is 0 Å². The molecular weight excluding hydrogens is 357 g/mol. The summed E-state index contributed by atoms with van der Waals surface area (Å²) in [5.41, 5.74) is 8.66. The van der Waals surface area contributed by atoms with Crippen LogP contribution in [0.4, 0.5) is 10.6 Å². The summed E-state index contributed by atoms with van der Waals surface area (Å²) in [5.74, 6) is 0.719. The van der Waals surface area contributed by atoms with Crippen molar-refractivity contribution >= 4 is 41.1 Å². The zero-order chi connectivity index (χ0) is 16.4. The fraction of sp³-hybridized carbons (Fsp3) is 0.188. The third kappa shape index (κ3) is 3.06. The van der Waals surface area contributed by atoms with Crippen molar-refractivity contribution in [3.05, 3.63) is 47.9 Å². The van der Waals surface area contributed by atoms with Crippen LogP contribution in [0, 0.1) is 6.92 Å². The number of carbonyl (C=O) groups is 1. The number of anilines is 1. The third-order valence-electron chi connectivity index (χ3n) is 3.67. The Bertz CT molecular complexity index is 874. The van der Waals surface area contributed by atoms with Crippen molar-refractivity contribution in [3.63, 3.8) is 0 Å². The topological polar surface area (TPSA) is 85.8 Å². The van der Waals surface area contributed by atoms with Gasteiger partial charge in [-0.25, -0.2) is 0 Å². The van der Waals surface area contributed by atoms with Crippen molar-refractivity contribution in [1.29, 1.82) is 0 Å². The number of amides is 1. The molecule has 0 aliphatic rings. The van der Waals surface area contributed by atoms with Crippen LogP contribution in [-0.2, 0) is 6.54 Å². The van der Waals surface area contributed by atoms with Gasteiger partial charge in [0, 0.05) is 0 Å². The second kappa shape index (κ2) is 6.40. The molecule has 0 unspecified atom stereocenters. The van der Waals surface area contributed by atoms with Gasteiger partial charge in [0.2, 0.25) is 0 Å². The second-order valence-corrected chi connectivity index (χ2v) is 7.33. The molecule has 0 aliphatic heterocycles. The summed E-state index contributed by atoms with van der Waals surface area (Å²) in [6, 6.07) is 8.23. The number of hydrogen-bond acceptors (Lipinski definition) is 4. The first kappa shape index (κ1) is 15.5. The van der Waals surface area contributed by atoms with Crippen molar-refractivity contribution in [1.82, 2.24) is 14.5 Å². The van der Waals surface area contributed by atoms with Gasteiger partial charge in [-0.2, -0.15) is 0 Å². The summed E-state index contributed by atoms with van der Waals surface area (Å²) in [6.07, 6.45) is 3.50. The molecule has 0 saturated heterocycles. The Hall–Kier alpha value is -2.37. The van der Waals surface area contributed by atoms with Gasteiger partial charge in [0.05, 0.1) is 0 Å². The van der Waals surface area contributed by atoms with Gasteiger partial charge >= 0.3 is 140 Å². The summed E-state index contributed by atoms with van der Waals surface area (Å²) in [4.78, 5) is 19.8. The number of rotatable bonds is 5. The van der Waals surface area contributed by atoms with Crippen molar-refractivity contribution in [3.8, 4) is 0 Å². The molecule has 0 fully saturated rings. The molecule has 0 spiro atoms. The van der Waals surface area contributed by atoms with Gasteiger partial charge in [-0.3, -0.25) is 0 Å². The molecule has 0 bridgehead atoms. The number of nitrogens with zero attached hydrogens (tertiary/aromatic N) is 3. The van der Waals surface area contributed by atoms with Crippen molar-refractivity contribution in [2.24, 2.45) is 5.73 Å². The van der Waals surface area contributed by atoms with E-state index < -0.39 is 15.0 Å². The molecule has 0 radical (unpaired) electrons. The van der Waals surface area contributed by atoms with Gasteiger partial charge < -0.3 is 0 Å². The standard InChI is InChI=1S/C16H17N5OSe/c1-10-5-3-4-6-11(10)7-21-8-12(23-16(17)22)13-14(18-2)19-9-20-15(13)21/h3-6,8-9H,7H2,1-2H3,(H2,17,22)(H,18,19,20). The molecular formula is C16H17N5OSe. The second-order valence-electron chi connectivity index (χ2n) is 5.14. The zero-order valence-corrected chi connectivity index (χ0v) is 14.6. The number of benzene rings is 1. The fourth-order valence-electron chi connectivity index (χ4n) is 2.56. The van der Waals surface area contributed by atoms with Gasteiger partial charge in [0.1, 0.15) is 0 Å². The van der Waals surface area contributed by atoms with Crippen LogP contribution in [0.15, 0.2) is 36.8 Å². The van der Waals surface area contributed by atoms with Gasteiger partial charge in [-0.05, 0) is 0 Å². The SMILES string of the molecule is CNc1ncnc2c1c([Se]C(N)=O)cn2Cc1ccccc1C. The first-order valence-corrected chi connectivity index (χ1v) is 8.85. The van der Waals surface area contributed by atoms with E-state index in [-0.39, 0.29) is 4.81 Å². The van der Waals surface area contributed by atoms with E-state index in [2.05, 4.69) is 38.9 Å². The molecule has 23 heavy (non-hydrogen) atoms. The summed E-state index contributed by atoms with van der Waals surface area (Å²) in [5, 5.41) is 3.94. The van der Waals surface area contributed by atoms with Crippen LogP contribution in [0.25, 0.3) is 11.0 Å². The predicted molar refractivity (Wildman–Crippen MR) is 92.3 cm³/mol. The number of fused-ring (bicyclic) bond motifs is 1. The fourth-order valence-corrected chi connectivity index (χ4v) is 4.00. The van der Waals surface area contributed by atoms with Gasteiger partial charge in [-0.1, -0.05) is 0 Å². The Kier molecular flexibility index (Phi) is 4.32. The minimum atomic E-state index is -0.453. The molecule has 0 aliphatic carbocycles. The normalized spacial score (nSPS) is 10.9. The summed E-state index contributed by atoms with van der Waals surface area (Å²) >= 11 is -0.453. The van der Waals surface area contributed by atoms with Gasteiger partial charge in [0.15, 0.2) is 0 Å². The van der Waals surface area contributed by atoms with Crippen LogP contribution in [0.5, 0.6) is 0 Å². The average Bonchev–Trinajstić information content (AvgIpc) is 2.87. The Morgan fingerprint density at radius 3 is 2.83 bits per heavy atom. The van der Waals surface area contributed by atoms with Crippen LogP contribution in [0.3, 0.4) is 0 Å². The molecule has 1 amide bonds. The van der Waals surface area contributed by atoms with Crippen LogP contribution >= 0.6 is 0 Å². The van der Waals surface area contributed by atoms with Crippen LogP contribution in [0.1, 0.15) is 11.1 Å². The molecule has 3 rings (SSSR count). The van der Waals surface area contributed by atoms with E-state index in [4.69, 9.17) is 5.73 Å². The summed E-state index contributed by atoms with van der Waals surface area (Å²) < 4.78 is 2.96. The quantitative estimate of drug-likeness (QED) is 0.658. The van der Waals surface area contributed by atoms with E-state index in [1.54, 1.807) is 0 Å². The number of nitrogens with two attached hydrogens (primary N) is 1. The Labute approximate surface area is 140 Å². The minimum absolute atomic E-state index is 0.307. The van der Waals surface area contributed by atoms with E-state index in [0.29, 0.717) is 6.54 Å². The van der Waals surface area contributed by atoms with Crippen molar-refractivity contribution in [2.45, 2.75) is 13.5 Å². The molecule has 0 saturated carbocycles. The monoisotopic (exact) mass is 375 g/mol. The van der Waals surface area contributed by atoms with Crippen LogP contribution in [-0.4, -0.2) is 41.3 Å². The number of carbonyl (C=O) groups excluding carboxylic acids is 1. The molecule has 6 nitrogen and oxygen atoms in total. The van der Waals surface area contributed by atoms with E-state index in [1.807, 2.05) is 25.4 Å². The molecule has 0 atom stereocenters. The maximum atomic E-state index is 11.4. The maximum absolute atomic E-state index is 11.4. The molecule has 3 N–H and O–H groups in total. The molecule has 1 aromatic carbocycles. The number of aryl methyl sites for hydroxylation is 1. The third-order valence-corrected chi connectivity index (χ3v) is 5.20. The van der Waals surface area contributed by atoms with E-state index in [1.165, 1.54) is 17.5 Å². The number of nitrogens with one attached hydrogen (secondary N) is 1. The summed E-state index contributed by atoms with van der Waals surface area (Å²) in [7, 11) is 1.81. The zero-order valence-electron chi connectivity index (χ0n) is 12.9. The molecule has 118 valence electrons.